The summed E-state index contributed by atoms with van der Waals surface area (Å²) in [6, 6.07) is 4.08. The number of nitriles is 1. The maximum Gasteiger partial charge on any atom is 0.337 e. The van der Waals surface area contributed by atoms with E-state index in [1.807, 2.05) is 0 Å². The van der Waals surface area contributed by atoms with E-state index in [9.17, 15) is 9.18 Å². The third-order valence-electron chi connectivity index (χ3n) is 1.68. The number of nitrogens with zero attached hydrogens (tertiary/aromatic N) is 1. The fourth-order valence-corrected chi connectivity index (χ4v) is 0.968. The Morgan fingerprint density at radius 3 is 2.69 bits per heavy atom. The van der Waals surface area contributed by atoms with Gasteiger partial charge in [0.05, 0.1) is 5.56 Å². The third-order valence-corrected chi connectivity index (χ3v) is 1.68. The van der Waals surface area contributed by atoms with E-state index in [0.717, 1.165) is 0 Å². The second-order valence-electron chi connectivity index (χ2n) is 2.54. The van der Waals surface area contributed by atoms with Gasteiger partial charge in [-0.15, -0.1) is 0 Å². The maximum atomic E-state index is 13.1. The second kappa shape index (κ2) is 3.23. The Kier molecular flexibility index (Phi) is 2.29. The monoisotopic (exact) mass is 179 g/mol. The summed E-state index contributed by atoms with van der Waals surface area (Å²) in [5, 5.41) is 17.1. The van der Waals surface area contributed by atoms with Gasteiger partial charge in [0.25, 0.3) is 0 Å². The van der Waals surface area contributed by atoms with E-state index in [1.165, 1.54) is 25.1 Å². The molecule has 0 radical (unpaired) electrons. The molecule has 0 aliphatic carbocycles. The first-order valence-corrected chi connectivity index (χ1v) is 3.50. The van der Waals surface area contributed by atoms with E-state index < -0.39 is 17.3 Å². The molecule has 0 heterocycles. The number of carboxylic acids is 1. The molecule has 3 nitrogen and oxygen atoms in total. The standard InChI is InChI=1S/C9H6FNO2/c1-5-2-3-6(9(12)13)7(4-11)8(5)10/h2-3H,1H3,(H,12,13). The van der Waals surface area contributed by atoms with Crippen molar-refractivity contribution in [2.45, 2.75) is 6.92 Å². The van der Waals surface area contributed by atoms with Crippen LogP contribution in [0.5, 0.6) is 0 Å². The average molecular weight is 179 g/mol. The van der Waals surface area contributed by atoms with Gasteiger partial charge in [0.15, 0.2) is 0 Å². The van der Waals surface area contributed by atoms with Gasteiger partial charge in [0, 0.05) is 0 Å². The molecule has 13 heavy (non-hydrogen) atoms. The number of hydrogen-bond donors (Lipinski definition) is 1. The zero-order valence-corrected chi connectivity index (χ0v) is 6.84. The zero-order chi connectivity index (χ0) is 10.0. The minimum atomic E-state index is -1.30. The Hall–Kier alpha value is -1.89. The molecular weight excluding hydrogens is 173 g/mol. The fraction of sp³-hybridized carbons (Fsp3) is 0.111. The van der Waals surface area contributed by atoms with Crippen LogP contribution in [-0.4, -0.2) is 11.1 Å². The Labute approximate surface area is 74.0 Å². The van der Waals surface area contributed by atoms with Gasteiger partial charge in [-0.25, -0.2) is 9.18 Å². The maximum absolute atomic E-state index is 13.1. The first kappa shape index (κ1) is 9.20. The molecule has 0 fully saturated rings. The molecule has 0 saturated carbocycles. The number of halogens is 1. The molecule has 1 N–H and O–H groups in total. The molecular formula is C9H6FNO2. The molecule has 0 bridgehead atoms. The molecule has 0 amide bonds. The molecule has 0 aliphatic heterocycles. The summed E-state index contributed by atoms with van der Waals surface area (Å²) in [5.74, 6) is -2.06. The highest BCUT2D eigenvalue weighted by molar-refractivity contribution is 5.90. The summed E-state index contributed by atoms with van der Waals surface area (Å²) in [6.45, 7) is 1.47. The molecule has 1 aromatic rings. The molecule has 66 valence electrons. The minimum Gasteiger partial charge on any atom is -0.478 e. The number of hydrogen-bond acceptors (Lipinski definition) is 2. The van der Waals surface area contributed by atoms with E-state index in [0.29, 0.717) is 0 Å². The van der Waals surface area contributed by atoms with E-state index in [2.05, 4.69) is 0 Å². The van der Waals surface area contributed by atoms with Crippen LogP contribution < -0.4 is 0 Å². The molecule has 0 atom stereocenters. The van der Waals surface area contributed by atoms with Crippen LogP contribution >= 0.6 is 0 Å². The Bertz CT molecular complexity index is 407. The zero-order valence-electron chi connectivity index (χ0n) is 6.84. The first-order valence-electron chi connectivity index (χ1n) is 3.50. The quantitative estimate of drug-likeness (QED) is 0.713. The van der Waals surface area contributed by atoms with Crippen LogP contribution in [-0.2, 0) is 0 Å². The SMILES string of the molecule is Cc1ccc(C(=O)O)c(C#N)c1F. The van der Waals surface area contributed by atoms with E-state index >= 15 is 0 Å². The first-order chi connectivity index (χ1) is 6.07. The van der Waals surface area contributed by atoms with Crippen molar-refractivity contribution in [3.63, 3.8) is 0 Å². The lowest BCUT2D eigenvalue weighted by atomic mass is 10.0. The van der Waals surface area contributed by atoms with Crippen LogP contribution in [0.25, 0.3) is 0 Å². The normalized spacial score (nSPS) is 9.31. The summed E-state index contributed by atoms with van der Waals surface area (Å²) in [7, 11) is 0. The summed E-state index contributed by atoms with van der Waals surface area (Å²) in [6.07, 6.45) is 0. The van der Waals surface area contributed by atoms with Crippen LogP contribution in [0.4, 0.5) is 4.39 Å². The van der Waals surface area contributed by atoms with Gasteiger partial charge in [-0.2, -0.15) is 5.26 Å². The third kappa shape index (κ3) is 1.49. The number of aryl methyl sites for hydroxylation is 1. The molecule has 1 rings (SSSR count). The van der Waals surface area contributed by atoms with Gasteiger partial charge in [-0.05, 0) is 18.6 Å². The minimum absolute atomic E-state index is 0.265. The van der Waals surface area contributed by atoms with Gasteiger partial charge in [-0.3, -0.25) is 0 Å². The van der Waals surface area contributed by atoms with Crippen molar-refractivity contribution in [3.8, 4) is 6.07 Å². The number of carboxylic acid groups (broad SMARTS) is 1. The van der Waals surface area contributed by atoms with Crippen molar-refractivity contribution in [2.75, 3.05) is 0 Å². The van der Waals surface area contributed by atoms with E-state index in [4.69, 9.17) is 10.4 Å². The van der Waals surface area contributed by atoms with Crippen LogP contribution in [0.2, 0.25) is 0 Å². The molecule has 1 aromatic carbocycles. The highest BCUT2D eigenvalue weighted by atomic mass is 19.1. The topological polar surface area (TPSA) is 61.1 Å². The highest BCUT2D eigenvalue weighted by Crippen LogP contribution is 2.16. The van der Waals surface area contributed by atoms with Crippen molar-refractivity contribution < 1.29 is 14.3 Å². The summed E-state index contributed by atoms with van der Waals surface area (Å²) in [5.41, 5.74) is -0.445. The highest BCUT2D eigenvalue weighted by Gasteiger charge is 2.15. The molecule has 0 spiro atoms. The van der Waals surface area contributed by atoms with Gasteiger partial charge < -0.3 is 5.11 Å². The lowest BCUT2D eigenvalue weighted by molar-refractivity contribution is 0.0696. The smallest absolute Gasteiger partial charge is 0.337 e. The predicted molar refractivity (Wildman–Crippen MR) is 42.8 cm³/mol. The van der Waals surface area contributed by atoms with Crippen molar-refractivity contribution in [1.82, 2.24) is 0 Å². The Morgan fingerprint density at radius 2 is 2.23 bits per heavy atom. The second-order valence-corrected chi connectivity index (χ2v) is 2.54. The lowest BCUT2D eigenvalue weighted by Gasteiger charge is -2.01. The van der Waals surface area contributed by atoms with E-state index in [-0.39, 0.29) is 11.1 Å². The number of benzene rings is 1. The molecule has 0 unspecified atom stereocenters. The van der Waals surface area contributed by atoms with Crippen LogP contribution in [0.3, 0.4) is 0 Å². The summed E-state index contributed by atoms with van der Waals surface area (Å²) < 4.78 is 13.1. The number of carbonyl (C=O) groups is 1. The lowest BCUT2D eigenvalue weighted by Crippen LogP contribution is -2.03. The summed E-state index contributed by atoms with van der Waals surface area (Å²) in [4.78, 5) is 10.5. The molecule has 0 aromatic heterocycles. The largest absolute Gasteiger partial charge is 0.478 e. The van der Waals surface area contributed by atoms with Gasteiger partial charge in [0.2, 0.25) is 0 Å². The predicted octanol–water partition coefficient (Wildman–Crippen LogP) is 1.70. The van der Waals surface area contributed by atoms with Crippen molar-refractivity contribution in [3.05, 3.63) is 34.6 Å². The summed E-state index contributed by atoms with van der Waals surface area (Å²) >= 11 is 0. The van der Waals surface area contributed by atoms with Gasteiger partial charge in [0.1, 0.15) is 17.4 Å². The molecule has 4 heteroatoms. The van der Waals surface area contributed by atoms with Gasteiger partial charge >= 0.3 is 5.97 Å². The molecule has 0 saturated heterocycles. The molecule has 0 aliphatic rings. The Morgan fingerprint density at radius 1 is 1.62 bits per heavy atom. The number of aromatic carboxylic acids is 1. The van der Waals surface area contributed by atoms with Crippen molar-refractivity contribution >= 4 is 5.97 Å². The van der Waals surface area contributed by atoms with Crippen LogP contribution in [0, 0.1) is 24.1 Å². The van der Waals surface area contributed by atoms with Crippen molar-refractivity contribution in [2.24, 2.45) is 0 Å². The Balaban J connectivity index is 3.50. The fourth-order valence-electron chi connectivity index (χ4n) is 0.968. The van der Waals surface area contributed by atoms with Crippen LogP contribution in [0.1, 0.15) is 21.5 Å². The van der Waals surface area contributed by atoms with E-state index in [1.54, 1.807) is 0 Å². The van der Waals surface area contributed by atoms with Gasteiger partial charge in [-0.1, -0.05) is 6.07 Å². The van der Waals surface area contributed by atoms with Crippen LogP contribution in [0.15, 0.2) is 12.1 Å². The number of rotatable bonds is 1. The van der Waals surface area contributed by atoms with Crippen molar-refractivity contribution in [1.29, 1.82) is 5.26 Å². The average Bonchev–Trinajstić information content (AvgIpc) is 2.09.